The van der Waals surface area contributed by atoms with Crippen LogP contribution in [0.3, 0.4) is 0 Å². The second-order valence-corrected chi connectivity index (χ2v) is 20.6. The highest BCUT2D eigenvalue weighted by Gasteiger charge is 2.42. The van der Waals surface area contributed by atoms with E-state index in [-0.39, 0.29) is 10.8 Å². The van der Waals surface area contributed by atoms with Crippen LogP contribution in [0.15, 0.2) is 231 Å². The first-order valence-corrected chi connectivity index (χ1v) is 24.6. The monoisotopic (exact) mass is 894 g/mol. The van der Waals surface area contributed by atoms with Crippen molar-refractivity contribution in [2.75, 3.05) is 9.80 Å². The lowest BCUT2D eigenvalue weighted by molar-refractivity contribution is 0.654. The lowest BCUT2D eigenvalue weighted by Crippen LogP contribution is -2.18. The summed E-state index contributed by atoms with van der Waals surface area (Å²) in [5.41, 5.74) is 17.4. The van der Waals surface area contributed by atoms with Gasteiger partial charge in [0.1, 0.15) is 0 Å². The Kier molecular flexibility index (Phi) is 8.71. The third kappa shape index (κ3) is 6.12. The van der Waals surface area contributed by atoms with Crippen molar-refractivity contribution in [2.24, 2.45) is 0 Å². The predicted octanol–water partition coefficient (Wildman–Crippen LogP) is 19.0. The van der Waals surface area contributed by atoms with Crippen molar-refractivity contribution >= 4 is 88.0 Å². The van der Waals surface area contributed by atoms with Crippen LogP contribution in [-0.2, 0) is 10.8 Å². The molecule has 0 bridgehead atoms. The average molecular weight is 895 g/mol. The molecule has 0 aromatic heterocycles. The zero-order valence-corrected chi connectivity index (χ0v) is 39.8. The molecule has 70 heavy (non-hydrogen) atoms. The highest BCUT2D eigenvalue weighted by Crippen LogP contribution is 2.58. The van der Waals surface area contributed by atoms with Gasteiger partial charge in [-0.25, -0.2) is 0 Å². The van der Waals surface area contributed by atoms with E-state index in [1.807, 2.05) is 0 Å². The number of anilines is 6. The van der Waals surface area contributed by atoms with Crippen molar-refractivity contribution in [3.8, 4) is 22.3 Å². The molecule has 14 rings (SSSR count). The summed E-state index contributed by atoms with van der Waals surface area (Å²) in [5, 5.41) is 12.4. The lowest BCUT2D eigenvalue weighted by atomic mass is 9.78. The zero-order chi connectivity index (χ0) is 46.9. The number of benzene rings is 12. The molecule has 12 aromatic carbocycles. The van der Waals surface area contributed by atoms with Gasteiger partial charge in [-0.15, -0.1) is 0 Å². The summed E-state index contributed by atoms with van der Waals surface area (Å²) in [4.78, 5) is 4.86. The first-order chi connectivity index (χ1) is 34.2. The smallest absolute Gasteiger partial charge is 0.0468 e. The maximum atomic E-state index is 2.55. The van der Waals surface area contributed by atoms with Crippen LogP contribution in [0.5, 0.6) is 0 Å². The highest BCUT2D eigenvalue weighted by molar-refractivity contribution is 6.02. The molecule has 0 unspecified atom stereocenters. The van der Waals surface area contributed by atoms with Crippen molar-refractivity contribution in [3.05, 3.63) is 253 Å². The first kappa shape index (κ1) is 40.6. The summed E-state index contributed by atoms with van der Waals surface area (Å²) in [6.07, 6.45) is 0. The molecular formula is C68H50N2. The van der Waals surface area contributed by atoms with E-state index in [4.69, 9.17) is 0 Å². The summed E-state index contributed by atoms with van der Waals surface area (Å²) >= 11 is 0. The summed E-state index contributed by atoms with van der Waals surface area (Å²) < 4.78 is 0. The van der Waals surface area contributed by atoms with Gasteiger partial charge in [0, 0.05) is 45.0 Å². The number of hydrogen-bond acceptors (Lipinski definition) is 2. The van der Waals surface area contributed by atoms with Crippen LogP contribution >= 0.6 is 0 Å². The fourth-order valence-corrected chi connectivity index (χ4v) is 12.3. The maximum absolute atomic E-state index is 2.55. The minimum atomic E-state index is -0.220. The van der Waals surface area contributed by atoms with E-state index in [9.17, 15) is 0 Å². The summed E-state index contributed by atoms with van der Waals surface area (Å²) in [7, 11) is 0. The van der Waals surface area contributed by atoms with Crippen LogP contribution in [0.1, 0.15) is 49.9 Å². The van der Waals surface area contributed by atoms with Crippen LogP contribution in [0.2, 0.25) is 0 Å². The molecule has 0 heterocycles. The fraction of sp³-hybridized carbons (Fsp3) is 0.0882. The normalized spacial score (nSPS) is 13.9. The number of hydrogen-bond donors (Lipinski definition) is 0. The molecule has 2 aliphatic carbocycles. The Balaban J connectivity index is 0.869. The third-order valence-electron chi connectivity index (χ3n) is 15.9. The number of fused-ring (bicyclic) bond motifs is 12. The molecule has 0 fully saturated rings. The van der Waals surface area contributed by atoms with Crippen molar-refractivity contribution in [1.82, 2.24) is 0 Å². The van der Waals surface area contributed by atoms with Crippen LogP contribution in [0, 0.1) is 0 Å². The molecule has 0 amide bonds. The van der Waals surface area contributed by atoms with E-state index in [1.165, 1.54) is 98.4 Å². The molecule has 0 atom stereocenters. The van der Waals surface area contributed by atoms with Gasteiger partial charge in [0.2, 0.25) is 0 Å². The van der Waals surface area contributed by atoms with Gasteiger partial charge >= 0.3 is 0 Å². The van der Waals surface area contributed by atoms with Gasteiger partial charge in [0.25, 0.3) is 0 Å². The van der Waals surface area contributed by atoms with E-state index < -0.39 is 0 Å². The molecule has 12 aromatic rings. The van der Waals surface area contributed by atoms with Gasteiger partial charge in [-0.1, -0.05) is 173 Å². The van der Waals surface area contributed by atoms with E-state index >= 15 is 0 Å². The Morgan fingerprint density at radius 3 is 1.01 bits per heavy atom. The Labute approximate surface area is 409 Å². The van der Waals surface area contributed by atoms with Crippen molar-refractivity contribution in [1.29, 1.82) is 0 Å². The lowest BCUT2D eigenvalue weighted by Gasteiger charge is -2.28. The molecule has 0 aliphatic heterocycles. The second kappa shape index (κ2) is 15.0. The Hall–Kier alpha value is -8.46. The quantitative estimate of drug-likeness (QED) is 0.164. The zero-order valence-electron chi connectivity index (χ0n) is 39.8. The molecule has 0 radical (unpaired) electrons. The van der Waals surface area contributed by atoms with Crippen molar-refractivity contribution in [2.45, 2.75) is 38.5 Å². The molecule has 0 saturated heterocycles. The molecule has 2 nitrogen and oxygen atoms in total. The molecular weight excluding hydrogens is 845 g/mol. The van der Waals surface area contributed by atoms with Gasteiger partial charge in [0.05, 0.1) is 0 Å². The van der Waals surface area contributed by atoms with Gasteiger partial charge in [0.15, 0.2) is 0 Å². The van der Waals surface area contributed by atoms with E-state index in [2.05, 4.69) is 268 Å². The molecule has 332 valence electrons. The second-order valence-electron chi connectivity index (χ2n) is 20.6. The van der Waals surface area contributed by atoms with Crippen LogP contribution in [-0.4, -0.2) is 0 Å². The van der Waals surface area contributed by atoms with Crippen LogP contribution in [0.25, 0.3) is 76.1 Å². The Morgan fingerprint density at radius 2 is 0.557 bits per heavy atom. The summed E-state index contributed by atoms with van der Waals surface area (Å²) in [6.45, 7) is 9.71. The molecule has 0 saturated carbocycles. The summed E-state index contributed by atoms with van der Waals surface area (Å²) in [5.74, 6) is 0. The van der Waals surface area contributed by atoms with Crippen molar-refractivity contribution in [3.63, 3.8) is 0 Å². The SMILES string of the molecule is CC1(C)c2cc(N(c3ccc4ccccc4c3)c3ccc4ccccc4c3)ccc2-c2cc3c(cc21)-c1ccc2cc(N(c4ccc5ccccc5c4)c4ccc5ccccc5c4)ccc2c1C3(C)C. The molecule has 0 spiro atoms. The Morgan fingerprint density at radius 1 is 0.243 bits per heavy atom. The van der Waals surface area contributed by atoms with Gasteiger partial charge in [-0.2, -0.15) is 0 Å². The third-order valence-corrected chi connectivity index (χ3v) is 15.9. The van der Waals surface area contributed by atoms with E-state index in [1.54, 1.807) is 0 Å². The van der Waals surface area contributed by atoms with Gasteiger partial charge < -0.3 is 9.80 Å². The maximum Gasteiger partial charge on any atom is 0.0468 e. The fourth-order valence-electron chi connectivity index (χ4n) is 12.3. The number of rotatable bonds is 6. The highest BCUT2D eigenvalue weighted by atomic mass is 15.1. The van der Waals surface area contributed by atoms with Gasteiger partial charge in [-0.05, 0) is 183 Å². The topological polar surface area (TPSA) is 6.48 Å². The minimum Gasteiger partial charge on any atom is -0.310 e. The number of nitrogens with zero attached hydrogens (tertiary/aromatic N) is 2. The minimum absolute atomic E-state index is 0.215. The van der Waals surface area contributed by atoms with Gasteiger partial charge in [-0.3, -0.25) is 0 Å². The average Bonchev–Trinajstić information content (AvgIpc) is 3.76. The van der Waals surface area contributed by atoms with E-state index in [0.717, 1.165) is 34.1 Å². The standard InChI is InChI=1S/C68H50N2/c1-67(2)63-40-57(70(54-28-23-45-15-7-11-19-49(45)37-54)55-29-24-46-16-8-12-20-50(46)38-55)31-34-59(63)61-41-65-62(42-64(61)67)60-32-25-51-39-56(30-33-58(51)66(60)68(65,3)4)69(52-26-21-43-13-5-9-17-47(43)35-52)53-27-22-44-14-6-10-18-48(44)36-53/h5-42H,1-4H3. The Bertz CT molecular complexity index is 4000. The summed E-state index contributed by atoms with van der Waals surface area (Å²) in [6, 6.07) is 86.1. The molecule has 2 aliphatic rings. The molecule has 0 N–H and O–H groups in total. The first-order valence-electron chi connectivity index (χ1n) is 24.6. The van der Waals surface area contributed by atoms with Crippen LogP contribution < -0.4 is 9.80 Å². The predicted molar refractivity (Wildman–Crippen MR) is 298 cm³/mol. The largest absolute Gasteiger partial charge is 0.310 e. The molecule has 2 heteroatoms. The van der Waals surface area contributed by atoms with E-state index in [0.29, 0.717) is 0 Å². The van der Waals surface area contributed by atoms with Crippen LogP contribution in [0.4, 0.5) is 34.1 Å². The van der Waals surface area contributed by atoms with Crippen molar-refractivity contribution < 1.29 is 0 Å².